The van der Waals surface area contributed by atoms with Crippen LogP contribution in [0.15, 0.2) is 60.7 Å². The number of ether oxygens (including phenoxy) is 1. The molecule has 3 aliphatic rings. The van der Waals surface area contributed by atoms with E-state index in [1.165, 1.54) is 17.8 Å². The van der Waals surface area contributed by atoms with Crippen LogP contribution in [0.2, 0.25) is 0 Å². The summed E-state index contributed by atoms with van der Waals surface area (Å²) in [6.07, 6.45) is 5.03. The Morgan fingerprint density at radius 2 is 1.73 bits per heavy atom. The average molecular weight is 667 g/mol. The summed E-state index contributed by atoms with van der Waals surface area (Å²) < 4.78 is 6.70. The molecular formula is C37H42N6O4S. The van der Waals surface area contributed by atoms with Crippen molar-refractivity contribution in [3.8, 4) is 11.5 Å². The van der Waals surface area contributed by atoms with Crippen LogP contribution in [0.5, 0.6) is 11.5 Å². The molecule has 1 aromatic heterocycles. The standard InChI is InChI=1S/C37H42N6O4S/c1-22-19-25(47-24-10-4-2-5-11-24)12-13-26(22)37(40)27-14-15-28(38)33-30(27)31(32(39)35(37)45)34(48-33)36(46)41-23-9-8-18-43(20-23)29(44)21-42-16-6-3-7-17-42/h2,4-5,10-15,19,23,32H,3,6-9,16-18,20-21,38-40H2,1H3,(H,41,46). The summed E-state index contributed by atoms with van der Waals surface area (Å²) in [6, 6.07) is 17.1. The van der Waals surface area contributed by atoms with E-state index in [-0.39, 0.29) is 17.9 Å². The van der Waals surface area contributed by atoms with Crippen LogP contribution in [0.4, 0.5) is 5.69 Å². The van der Waals surface area contributed by atoms with Crippen molar-refractivity contribution in [3.63, 3.8) is 0 Å². The largest absolute Gasteiger partial charge is 0.457 e. The fraction of sp³-hybridized carbons (Fsp3) is 0.378. The van der Waals surface area contributed by atoms with E-state index in [1.807, 2.05) is 54.3 Å². The predicted octanol–water partition coefficient (Wildman–Crippen LogP) is 4.58. The van der Waals surface area contributed by atoms with Gasteiger partial charge in [-0.2, -0.15) is 0 Å². The third-order valence-electron chi connectivity index (χ3n) is 10.0. The number of carbonyl (C=O) groups is 3. The van der Waals surface area contributed by atoms with Crippen molar-refractivity contribution >= 4 is 44.7 Å². The number of carbonyl (C=O) groups excluding carboxylic acids is 3. The number of Topliss-reactive ketones (excluding diaryl/α,β-unsaturated/α-hetero) is 1. The number of nitrogens with two attached hydrogens (primary N) is 3. The third kappa shape index (κ3) is 5.74. The van der Waals surface area contributed by atoms with Gasteiger partial charge in [-0.3, -0.25) is 19.3 Å². The van der Waals surface area contributed by atoms with Gasteiger partial charge < -0.3 is 32.2 Å². The van der Waals surface area contributed by atoms with E-state index in [9.17, 15) is 14.4 Å². The van der Waals surface area contributed by atoms with Crippen LogP contribution in [0, 0.1) is 6.92 Å². The minimum absolute atomic E-state index is 0.104. The van der Waals surface area contributed by atoms with Crippen molar-refractivity contribution in [1.29, 1.82) is 0 Å². The van der Waals surface area contributed by atoms with Gasteiger partial charge in [0.2, 0.25) is 5.91 Å². The van der Waals surface area contributed by atoms with Crippen LogP contribution in [0.3, 0.4) is 0 Å². The number of nitrogen functional groups attached to an aromatic ring is 1. The minimum Gasteiger partial charge on any atom is -0.457 e. The zero-order valence-corrected chi connectivity index (χ0v) is 28.0. The molecule has 2 amide bonds. The van der Waals surface area contributed by atoms with Gasteiger partial charge in [0, 0.05) is 35.8 Å². The summed E-state index contributed by atoms with van der Waals surface area (Å²) in [7, 11) is 0. The number of rotatable bonds is 7. The van der Waals surface area contributed by atoms with E-state index in [2.05, 4.69) is 10.2 Å². The summed E-state index contributed by atoms with van der Waals surface area (Å²) in [5.41, 5.74) is 21.7. The van der Waals surface area contributed by atoms with Gasteiger partial charge in [-0.1, -0.05) is 36.8 Å². The number of piperidine rings is 2. The van der Waals surface area contributed by atoms with Gasteiger partial charge >= 0.3 is 0 Å². The molecule has 3 atom stereocenters. The number of hydrogen-bond acceptors (Lipinski definition) is 9. The number of aryl methyl sites for hydroxylation is 1. The lowest BCUT2D eigenvalue weighted by molar-refractivity contribution is -0.134. The van der Waals surface area contributed by atoms with Gasteiger partial charge in [-0.25, -0.2) is 0 Å². The first-order chi connectivity index (χ1) is 23.1. The topological polar surface area (TPSA) is 157 Å². The second-order valence-electron chi connectivity index (χ2n) is 13.3. The lowest BCUT2D eigenvalue weighted by Gasteiger charge is -2.37. The highest BCUT2D eigenvalue weighted by Crippen LogP contribution is 2.50. The molecule has 0 spiro atoms. The molecule has 11 heteroatoms. The van der Waals surface area contributed by atoms with Gasteiger partial charge in [0.1, 0.15) is 17.0 Å². The highest BCUT2D eigenvalue weighted by Gasteiger charge is 2.49. The van der Waals surface area contributed by atoms with E-state index in [0.717, 1.165) is 44.3 Å². The molecule has 7 N–H and O–H groups in total. The van der Waals surface area contributed by atoms with Crippen molar-refractivity contribution < 1.29 is 19.1 Å². The Kier molecular flexibility index (Phi) is 8.71. The first kappa shape index (κ1) is 32.3. The quantitative estimate of drug-likeness (QED) is 0.209. The summed E-state index contributed by atoms with van der Waals surface area (Å²) >= 11 is 1.23. The number of para-hydroxylation sites is 1. The number of hydrogen-bond donors (Lipinski definition) is 4. The summed E-state index contributed by atoms with van der Waals surface area (Å²) in [5, 5.41) is 3.81. The van der Waals surface area contributed by atoms with Crippen molar-refractivity contribution in [1.82, 2.24) is 15.1 Å². The maximum atomic E-state index is 14.3. The number of benzene rings is 3. The van der Waals surface area contributed by atoms with Crippen LogP contribution in [-0.2, 0) is 15.1 Å². The summed E-state index contributed by atoms with van der Waals surface area (Å²) in [5.74, 6) is 0.693. The lowest BCUT2D eigenvalue weighted by atomic mass is 9.69. The van der Waals surface area contributed by atoms with E-state index >= 15 is 0 Å². The molecule has 2 saturated heterocycles. The molecule has 3 unspecified atom stereocenters. The molecule has 0 saturated carbocycles. The highest BCUT2D eigenvalue weighted by molar-refractivity contribution is 7.21. The SMILES string of the molecule is Cc1cc(Oc2ccccc2)ccc1C1(N)C(=O)C(N)c2c(C(=O)NC3CCCN(C(=O)CN4CCCCC4)C3)sc3c(N)ccc1c23. The van der Waals surface area contributed by atoms with Gasteiger partial charge in [0.15, 0.2) is 5.78 Å². The molecule has 0 radical (unpaired) electrons. The molecule has 2 aliphatic heterocycles. The van der Waals surface area contributed by atoms with Crippen LogP contribution in [0.25, 0.3) is 10.1 Å². The molecule has 48 heavy (non-hydrogen) atoms. The number of amides is 2. The van der Waals surface area contributed by atoms with Crippen molar-refractivity contribution in [2.75, 3.05) is 38.5 Å². The number of ketones is 1. The van der Waals surface area contributed by atoms with Gasteiger partial charge in [-0.15, -0.1) is 11.3 Å². The van der Waals surface area contributed by atoms with Crippen molar-refractivity contribution in [2.24, 2.45) is 11.5 Å². The maximum Gasteiger partial charge on any atom is 0.262 e. The number of likely N-dealkylation sites (tertiary alicyclic amines) is 2. The number of anilines is 1. The third-order valence-corrected chi connectivity index (χ3v) is 11.3. The van der Waals surface area contributed by atoms with E-state index in [1.54, 1.807) is 18.2 Å². The molecular weight excluding hydrogens is 625 g/mol. The van der Waals surface area contributed by atoms with E-state index in [0.29, 0.717) is 68.5 Å². The zero-order chi connectivity index (χ0) is 33.6. The zero-order valence-electron chi connectivity index (χ0n) is 27.2. The molecule has 10 nitrogen and oxygen atoms in total. The van der Waals surface area contributed by atoms with Crippen molar-refractivity contribution in [3.05, 3.63) is 87.8 Å². The molecule has 3 heterocycles. The molecule has 1 aliphatic carbocycles. The van der Waals surface area contributed by atoms with E-state index in [4.69, 9.17) is 21.9 Å². The van der Waals surface area contributed by atoms with Crippen LogP contribution < -0.4 is 27.3 Å². The second kappa shape index (κ2) is 13.0. The Morgan fingerprint density at radius 3 is 2.48 bits per heavy atom. The Morgan fingerprint density at radius 1 is 0.979 bits per heavy atom. The molecule has 3 aromatic carbocycles. The fourth-order valence-corrected chi connectivity index (χ4v) is 8.78. The van der Waals surface area contributed by atoms with Crippen molar-refractivity contribution in [2.45, 2.75) is 56.7 Å². The normalized spacial score (nSPS) is 22.9. The fourth-order valence-electron chi connectivity index (χ4n) is 7.58. The Labute approximate surface area is 284 Å². The maximum absolute atomic E-state index is 14.3. The molecule has 250 valence electrons. The Balaban J connectivity index is 1.17. The van der Waals surface area contributed by atoms with E-state index < -0.39 is 17.4 Å². The lowest BCUT2D eigenvalue weighted by Crippen LogP contribution is -2.53. The molecule has 4 aromatic rings. The van der Waals surface area contributed by atoms with Crippen LogP contribution in [0.1, 0.15) is 70.1 Å². The number of nitrogens with zero attached hydrogens (tertiary/aromatic N) is 2. The Hall–Kier alpha value is -4.29. The molecule has 7 rings (SSSR count). The number of thiophene rings is 1. The smallest absolute Gasteiger partial charge is 0.262 e. The molecule has 0 bridgehead atoms. The first-order valence-corrected chi connectivity index (χ1v) is 17.6. The number of nitrogens with one attached hydrogen (secondary N) is 1. The van der Waals surface area contributed by atoms with Gasteiger partial charge in [0.25, 0.3) is 5.91 Å². The van der Waals surface area contributed by atoms with Crippen LogP contribution >= 0.6 is 11.3 Å². The van der Waals surface area contributed by atoms with Gasteiger partial charge in [-0.05, 0) is 92.7 Å². The first-order valence-electron chi connectivity index (χ1n) is 16.7. The van der Waals surface area contributed by atoms with Gasteiger partial charge in [0.05, 0.1) is 22.2 Å². The highest BCUT2D eigenvalue weighted by atomic mass is 32.1. The van der Waals surface area contributed by atoms with Crippen LogP contribution in [-0.4, -0.2) is 66.2 Å². The predicted molar refractivity (Wildman–Crippen MR) is 188 cm³/mol. The monoisotopic (exact) mass is 666 g/mol. The minimum atomic E-state index is -1.57. The Bertz CT molecular complexity index is 1890. The molecule has 2 fully saturated rings. The second-order valence-corrected chi connectivity index (χ2v) is 14.3. The summed E-state index contributed by atoms with van der Waals surface area (Å²) in [6.45, 7) is 5.35. The average Bonchev–Trinajstić information content (AvgIpc) is 3.50. The summed E-state index contributed by atoms with van der Waals surface area (Å²) in [4.78, 5) is 45.9.